The van der Waals surface area contributed by atoms with Gasteiger partial charge in [0.2, 0.25) is 11.9 Å². The third-order valence-corrected chi connectivity index (χ3v) is 4.05. The van der Waals surface area contributed by atoms with Crippen molar-refractivity contribution in [2.45, 2.75) is 5.16 Å². The number of thioether (sulfide) groups is 1. The van der Waals surface area contributed by atoms with Gasteiger partial charge in [-0.1, -0.05) is 35.5 Å². The third-order valence-electron chi connectivity index (χ3n) is 2.85. The Labute approximate surface area is 138 Å². The zero-order valence-electron chi connectivity index (χ0n) is 11.6. The summed E-state index contributed by atoms with van der Waals surface area (Å²) in [6, 6.07) is 6.94. The number of anilines is 2. The number of nitrogens with two attached hydrogens (primary N) is 1. The summed E-state index contributed by atoms with van der Waals surface area (Å²) in [4.78, 5) is 36.8. The molecular weight excluding hydrogens is 340 g/mol. The van der Waals surface area contributed by atoms with Gasteiger partial charge in [0.25, 0.3) is 5.56 Å². The molecule has 1 aromatic carbocycles. The number of H-pyrrole nitrogens is 2. The van der Waals surface area contributed by atoms with Crippen LogP contribution in [0.15, 0.2) is 34.2 Å². The Hall–Kier alpha value is -2.52. The quantitative estimate of drug-likeness (QED) is 0.529. The van der Waals surface area contributed by atoms with E-state index >= 15 is 0 Å². The molecule has 2 aromatic heterocycles. The van der Waals surface area contributed by atoms with Gasteiger partial charge in [-0.15, -0.1) is 0 Å². The Kier molecular flexibility index (Phi) is 4.22. The molecule has 10 heteroatoms. The topological polar surface area (TPSA) is 130 Å². The SMILES string of the molecule is Nc1nc2nc(SCC(=O)Nc3ccccc3Cl)[nH]c2c(=O)[nH]1. The maximum atomic E-state index is 11.9. The molecule has 5 N–H and O–H groups in total. The average Bonchev–Trinajstić information content (AvgIpc) is 2.91. The molecule has 0 saturated carbocycles. The number of nitrogen functional groups attached to an aromatic ring is 1. The van der Waals surface area contributed by atoms with E-state index in [0.29, 0.717) is 15.9 Å². The predicted molar refractivity (Wildman–Crippen MR) is 89.7 cm³/mol. The fraction of sp³-hybridized carbons (Fsp3) is 0.0769. The van der Waals surface area contributed by atoms with Crippen molar-refractivity contribution in [2.24, 2.45) is 0 Å². The smallest absolute Gasteiger partial charge is 0.278 e. The van der Waals surface area contributed by atoms with Crippen molar-refractivity contribution >= 4 is 52.1 Å². The first kappa shape index (κ1) is 15.4. The van der Waals surface area contributed by atoms with Crippen LogP contribution >= 0.6 is 23.4 Å². The molecule has 0 fully saturated rings. The van der Waals surface area contributed by atoms with E-state index < -0.39 is 5.56 Å². The molecule has 0 aliphatic rings. The standard InChI is InChI=1S/C13H11ClN6O2S/c14-6-3-1-2-4-7(6)16-8(21)5-23-13-17-9-10(19-13)18-12(15)20-11(9)22/h1-4H,5H2,(H,16,21)(H4,15,17,18,19,20,22). The van der Waals surface area contributed by atoms with Crippen LogP contribution in [0.2, 0.25) is 5.02 Å². The second-order valence-electron chi connectivity index (χ2n) is 4.51. The molecular formula is C13H11ClN6O2S. The molecule has 8 nitrogen and oxygen atoms in total. The van der Waals surface area contributed by atoms with Crippen LogP contribution in [0.1, 0.15) is 0 Å². The van der Waals surface area contributed by atoms with Crippen LogP contribution in [0.5, 0.6) is 0 Å². The van der Waals surface area contributed by atoms with Crippen molar-refractivity contribution in [1.82, 2.24) is 19.9 Å². The molecule has 0 spiro atoms. The summed E-state index contributed by atoms with van der Waals surface area (Å²) in [5.74, 6) is -0.162. The van der Waals surface area contributed by atoms with Gasteiger partial charge in [0.15, 0.2) is 16.3 Å². The van der Waals surface area contributed by atoms with Crippen LogP contribution in [0.25, 0.3) is 11.2 Å². The first-order valence-electron chi connectivity index (χ1n) is 6.45. The lowest BCUT2D eigenvalue weighted by Crippen LogP contribution is -2.14. The van der Waals surface area contributed by atoms with E-state index in [1.807, 2.05) is 0 Å². The van der Waals surface area contributed by atoms with Crippen LogP contribution in [0.4, 0.5) is 11.6 Å². The maximum absolute atomic E-state index is 11.9. The van der Waals surface area contributed by atoms with Crippen LogP contribution < -0.4 is 16.6 Å². The number of nitrogens with zero attached hydrogens (tertiary/aromatic N) is 2. The molecule has 0 aliphatic heterocycles. The van der Waals surface area contributed by atoms with Crippen molar-refractivity contribution in [3.8, 4) is 0 Å². The maximum Gasteiger partial charge on any atom is 0.278 e. The first-order chi connectivity index (χ1) is 11.0. The number of aromatic amines is 2. The van der Waals surface area contributed by atoms with Crippen LogP contribution in [0.3, 0.4) is 0 Å². The Morgan fingerprint density at radius 2 is 2.09 bits per heavy atom. The summed E-state index contributed by atoms with van der Waals surface area (Å²) < 4.78 is 0. The van der Waals surface area contributed by atoms with Gasteiger partial charge in [0, 0.05) is 0 Å². The zero-order valence-corrected chi connectivity index (χ0v) is 13.2. The van der Waals surface area contributed by atoms with E-state index in [1.165, 1.54) is 0 Å². The molecule has 0 radical (unpaired) electrons. The van der Waals surface area contributed by atoms with Crippen molar-refractivity contribution in [3.63, 3.8) is 0 Å². The largest absolute Gasteiger partial charge is 0.369 e. The summed E-state index contributed by atoms with van der Waals surface area (Å²) in [6.07, 6.45) is 0. The normalized spacial score (nSPS) is 10.8. The molecule has 0 atom stereocenters. The van der Waals surface area contributed by atoms with Crippen LogP contribution in [-0.2, 0) is 4.79 Å². The summed E-state index contributed by atoms with van der Waals surface area (Å²) in [6.45, 7) is 0. The lowest BCUT2D eigenvalue weighted by atomic mass is 10.3. The lowest BCUT2D eigenvalue weighted by Gasteiger charge is -2.05. The highest BCUT2D eigenvalue weighted by Gasteiger charge is 2.11. The molecule has 3 aromatic rings. The molecule has 0 saturated heterocycles. The number of hydrogen-bond acceptors (Lipinski definition) is 6. The summed E-state index contributed by atoms with van der Waals surface area (Å²) in [7, 11) is 0. The Balaban J connectivity index is 1.69. The summed E-state index contributed by atoms with van der Waals surface area (Å²) >= 11 is 7.11. The number of rotatable bonds is 4. The number of aromatic nitrogens is 4. The van der Waals surface area contributed by atoms with Crippen molar-refractivity contribution in [2.75, 3.05) is 16.8 Å². The number of nitrogens with one attached hydrogen (secondary N) is 3. The number of carbonyl (C=O) groups excluding carboxylic acids is 1. The van der Waals surface area contributed by atoms with Gasteiger partial charge in [-0.05, 0) is 12.1 Å². The van der Waals surface area contributed by atoms with Gasteiger partial charge in [0.1, 0.15) is 0 Å². The number of carbonyl (C=O) groups is 1. The van der Waals surface area contributed by atoms with Gasteiger partial charge in [-0.2, -0.15) is 4.98 Å². The van der Waals surface area contributed by atoms with E-state index in [-0.39, 0.29) is 28.8 Å². The van der Waals surface area contributed by atoms with Crippen LogP contribution in [0, 0.1) is 0 Å². The molecule has 0 aliphatic carbocycles. The minimum atomic E-state index is -0.410. The second-order valence-corrected chi connectivity index (χ2v) is 5.88. The summed E-state index contributed by atoms with van der Waals surface area (Å²) in [5, 5.41) is 3.56. The van der Waals surface area contributed by atoms with Gasteiger partial charge >= 0.3 is 0 Å². The highest BCUT2D eigenvalue weighted by atomic mass is 35.5. The second kappa shape index (κ2) is 6.31. The van der Waals surface area contributed by atoms with Crippen LogP contribution in [-0.4, -0.2) is 31.6 Å². The van der Waals surface area contributed by atoms with Crippen molar-refractivity contribution < 1.29 is 4.79 Å². The fourth-order valence-corrected chi connectivity index (χ4v) is 2.70. The molecule has 2 heterocycles. The lowest BCUT2D eigenvalue weighted by molar-refractivity contribution is -0.113. The van der Waals surface area contributed by atoms with E-state index in [0.717, 1.165) is 11.8 Å². The third kappa shape index (κ3) is 3.46. The van der Waals surface area contributed by atoms with E-state index in [9.17, 15) is 9.59 Å². The monoisotopic (exact) mass is 350 g/mol. The van der Waals surface area contributed by atoms with Gasteiger partial charge < -0.3 is 16.0 Å². The van der Waals surface area contributed by atoms with Gasteiger partial charge in [0.05, 0.1) is 16.5 Å². The first-order valence-corrected chi connectivity index (χ1v) is 7.82. The molecule has 3 rings (SSSR count). The van der Waals surface area contributed by atoms with E-state index in [1.54, 1.807) is 24.3 Å². The number of fused-ring (bicyclic) bond motifs is 1. The van der Waals surface area contributed by atoms with Gasteiger partial charge in [-0.25, -0.2) is 4.98 Å². The zero-order chi connectivity index (χ0) is 16.4. The molecule has 23 heavy (non-hydrogen) atoms. The molecule has 0 unspecified atom stereocenters. The minimum Gasteiger partial charge on any atom is -0.369 e. The van der Waals surface area contributed by atoms with Gasteiger partial charge in [-0.3, -0.25) is 14.6 Å². The number of amides is 1. The number of imidazole rings is 1. The average molecular weight is 351 g/mol. The van der Waals surface area contributed by atoms with E-state index in [2.05, 4.69) is 25.3 Å². The number of halogens is 1. The molecule has 1 amide bonds. The number of para-hydroxylation sites is 1. The number of hydrogen-bond donors (Lipinski definition) is 4. The Bertz CT molecular complexity index is 938. The molecule has 118 valence electrons. The minimum absolute atomic E-state index is 0.0120. The number of benzene rings is 1. The van der Waals surface area contributed by atoms with E-state index in [4.69, 9.17) is 17.3 Å². The van der Waals surface area contributed by atoms with Crippen molar-refractivity contribution in [1.29, 1.82) is 0 Å². The highest BCUT2D eigenvalue weighted by molar-refractivity contribution is 7.99. The Morgan fingerprint density at radius 3 is 2.87 bits per heavy atom. The highest BCUT2D eigenvalue weighted by Crippen LogP contribution is 2.21. The Morgan fingerprint density at radius 1 is 1.30 bits per heavy atom. The van der Waals surface area contributed by atoms with Crippen molar-refractivity contribution in [3.05, 3.63) is 39.6 Å². The predicted octanol–water partition coefficient (Wildman–Crippen LogP) is 1.61. The summed E-state index contributed by atoms with van der Waals surface area (Å²) in [5.41, 5.74) is 6.00. The molecule has 0 bridgehead atoms. The fourth-order valence-electron chi connectivity index (χ4n) is 1.85.